The average Bonchev–Trinajstić information content (AvgIpc) is 2.56. The lowest BCUT2D eigenvalue weighted by molar-refractivity contribution is 0.230. The number of rotatable bonds is 8. The van der Waals surface area contributed by atoms with Crippen LogP contribution in [0.15, 0.2) is 42.5 Å². The first-order valence-corrected chi connectivity index (χ1v) is 7.79. The van der Waals surface area contributed by atoms with E-state index in [2.05, 4.69) is 23.5 Å². The number of benzene rings is 2. The first kappa shape index (κ1) is 17.2. The van der Waals surface area contributed by atoms with E-state index in [-0.39, 0.29) is 6.10 Å². The summed E-state index contributed by atoms with van der Waals surface area (Å²) < 4.78 is 16.3. The Morgan fingerprint density at radius 2 is 1.48 bits per heavy atom. The molecular weight excluding hydrogens is 290 g/mol. The van der Waals surface area contributed by atoms with Crippen molar-refractivity contribution in [1.29, 1.82) is 0 Å². The Bertz CT molecular complexity index is 609. The van der Waals surface area contributed by atoms with Gasteiger partial charge in [-0.15, -0.1) is 0 Å². The fraction of sp³-hybridized carbons (Fsp3) is 0.368. The SMILES string of the molecule is COc1ccc(CNCc2ccc(OC(C)C)c(OC)c2)cc1. The topological polar surface area (TPSA) is 39.7 Å². The Balaban J connectivity index is 1.92. The lowest BCUT2D eigenvalue weighted by atomic mass is 10.1. The molecule has 0 aliphatic rings. The maximum Gasteiger partial charge on any atom is 0.161 e. The van der Waals surface area contributed by atoms with Crippen LogP contribution < -0.4 is 19.5 Å². The molecule has 0 unspecified atom stereocenters. The van der Waals surface area contributed by atoms with Gasteiger partial charge in [-0.05, 0) is 49.2 Å². The fourth-order valence-corrected chi connectivity index (χ4v) is 2.27. The fourth-order valence-electron chi connectivity index (χ4n) is 2.27. The molecule has 0 spiro atoms. The summed E-state index contributed by atoms with van der Waals surface area (Å²) in [7, 11) is 3.34. The van der Waals surface area contributed by atoms with Crippen LogP contribution in [0.4, 0.5) is 0 Å². The highest BCUT2D eigenvalue weighted by Gasteiger charge is 2.07. The minimum absolute atomic E-state index is 0.128. The van der Waals surface area contributed by atoms with Crippen molar-refractivity contribution in [2.45, 2.75) is 33.0 Å². The minimum atomic E-state index is 0.128. The Kier molecular flexibility index (Phi) is 6.29. The first-order chi connectivity index (χ1) is 11.1. The van der Waals surface area contributed by atoms with Crippen LogP contribution >= 0.6 is 0 Å². The van der Waals surface area contributed by atoms with E-state index in [4.69, 9.17) is 14.2 Å². The molecule has 2 aromatic rings. The molecule has 0 aliphatic heterocycles. The van der Waals surface area contributed by atoms with E-state index >= 15 is 0 Å². The summed E-state index contributed by atoms with van der Waals surface area (Å²) in [5.41, 5.74) is 2.38. The van der Waals surface area contributed by atoms with E-state index < -0.39 is 0 Å². The lowest BCUT2D eigenvalue weighted by Gasteiger charge is -2.14. The molecule has 0 radical (unpaired) electrons. The zero-order valence-corrected chi connectivity index (χ0v) is 14.3. The van der Waals surface area contributed by atoms with Crippen LogP contribution in [0.5, 0.6) is 17.2 Å². The molecule has 0 fully saturated rings. The van der Waals surface area contributed by atoms with Gasteiger partial charge in [-0.2, -0.15) is 0 Å². The van der Waals surface area contributed by atoms with Crippen LogP contribution in [0.25, 0.3) is 0 Å². The number of hydrogen-bond donors (Lipinski definition) is 1. The monoisotopic (exact) mass is 315 g/mol. The molecule has 1 N–H and O–H groups in total. The van der Waals surface area contributed by atoms with Crippen molar-refractivity contribution in [2.75, 3.05) is 14.2 Å². The molecule has 0 heterocycles. The van der Waals surface area contributed by atoms with Crippen molar-refractivity contribution in [3.8, 4) is 17.2 Å². The maximum atomic E-state index is 5.73. The molecule has 0 saturated heterocycles. The van der Waals surface area contributed by atoms with Gasteiger partial charge < -0.3 is 19.5 Å². The average molecular weight is 315 g/mol. The molecule has 124 valence electrons. The number of nitrogens with one attached hydrogen (secondary N) is 1. The smallest absolute Gasteiger partial charge is 0.161 e. The highest BCUT2D eigenvalue weighted by molar-refractivity contribution is 5.43. The second kappa shape index (κ2) is 8.44. The van der Waals surface area contributed by atoms with Crippen molar-refractivity contribution in [3.63, 3.8) is 0 Å². The van der Waals surface area contributed by atoms with Gasteiger partial charge in [0.1, 0.15) is 5.75 Å². The Morgan fingerprint density at radius 1 is 0.826 bits per heavy atom. The second-order valence-corrected chi connectivity index (χ2v) is 5.60. The van der Waals surface area contributed by atoms with Gasteiger partial charge in [0, 0.05) is 13.1 Å². The summed E-state index contributed by atoms with van der Waals surface area (Å²) in [6.45, 7) is 5.58. The molecule has 4 nitrogen and oxygen atoms in total. The Labute approximate surface area is 138 Å². The highest BCUT2D eigenvalue weighted by atomic mass is 16.5. The number of hydrogen-bond acceptors (Lipinski definition) is 4. The Morgan fingerprint density at radius 3 is 2.09 bits per heavy atom. The van der Waals surface area contributed by atoms with E-state index in [0.29, 0.717) is 0 Å². The first-order valence-electron chi connectivity index (χ1n) is 7.79. The standard InChI is InChI=1S/C19H25NO3/c1-14(2)23-18-10-7-16(11-19(18)22-4)13-20-12-15-5-8-17(21-3)9-6-15/h5-11,14,20H,12-13H2,1-4H3. The second-order valence-electron chi connectivity index (χ2n) is 5.60. The van der Waals surface area contributed by atoms with E-state index in [1.54, 1.807) is 14.2 Å². The molecular formula is C19H25NO3. The summed E-state index contributed by atoms with van der Waals surface area (Å²) in [6, 6.07) is 14.1. The molecule has 0 aromatic heterocycles. The van der Waals surface area contributed by atoms with Crippen LogP contribution in [-0.4, -0.2) is 20.3 Å². The molecule has 0 atom stereocenters. The van der Waals surface area contributed by atoms with Crippen LogP contribution in [0.2, 0.25) is 0 Å². The summed E-state index contributed by atoms with van der Waals surface area (Å²) in [5, 5.41) is 3.43. The lowest BCUT2D eigenvalue weighted by Crippen LogP contribution is -2.13. The van der Waals surface area contributed by atoms with E-state index in [0.717, 1.165) is 35.9 Å². The summed E-state index contributed by atoms with van der Waals surface area (Å²) in [4.78, 5) is 0. The molecule has 0 aliphatic carbocycles. The quantitative estimate of drug-likeness (QED) is 0.805. The van der Waals surface area contributed by atoms with Crippen molar-refractivity contribution in [3.05, 3.63) is 53.6 Å². The Hall–Kier alpha value is -2.20. The summed E-state index contributed by atoms with van der Waals surface area (Å²) in [6.07, 6.45) is 0.128. The zero-order valence-electron chi connectivity index (χ0n) is 14.3. The zero-order chi connectivity index (χ0) is 16.7. The van der Waals surface area contributed by atoms with Crippen molar-refractivity contribution in [2.24, 2.45) is 0 Å². The molecule has 4 heteroatoms. The molecule has 23 heavy (non-hydrogen) atoms. The van der Waals surface area contributed by atoms with E-state index in [1.165, 1.54) is 5.56 Å². The van der Waals surface area contributed by atoms with Gasteiger partial charge in [-0.3, -0.25) is 0 Å². The van der Waals surface area contributed by atoms with E-state index in [9.17, 15) is 0 Å². The maximum absolute atomic E-state index is 5.73. The van der Waals surface area contributed by atoms with E-state index in [1.807, 2.05) is 38.1 Å². The third-order valence-corrected chi connectivity index (χ3v) is 3.41. The van der Waals surface area contributed by atoms with Crippen molar-refractivity contribution >= 4 is 0 Å². The molecule has 2 rings (SSSR count). The van der Waals surface area contributed by atoms with Crippen molar-refractivity contribution < 1.29 is 14.2 Å². The van der Waals surface area contributed by atoms with Gasteiger partial charge in [0.05, 0.1) is 20.3 Å². The predicted octanol–water partition coefficient (Wildman–Crippen LogP) is 3.78. The highest BCUT2D eigenvalue weighted by Crippen LogP contribution is 2.28. The van der Waals surface area contributed by atoms with Gasteiger partial charge in [0.2, 0.25) is 0 Å². The third-order valence-electron chi connectivity index (χ3n) is 3.41. The predicted molar refractivity (Wildman–Crippen MR) is 92.3 cm³/mol. The summed E-state index contributed by atoms with van der Waals surface area (Å²) in [5.74, 6) is 2.42. The van der Waals surface area contributed by atoms with Crippen molar-refractivity contribution in [1.82, 2.24) is 5.32 Å². The number of methoxy groups -OCH3 is 2. The van der Waals surface area contributed by atoms with Crippen LogP contribution in [-0.2, 0) is 13.1 Å². The van der Waals surface area contributed by atoms with Gasteiger partial charge in [0.25, 0.3) is 0 Å². The third kappa shape index (κ3) is 5.18. The van der Waals surface area contributed by atoms with Crippen LogP contribution in [0, 0.1) is 0 Å². The minimum Gasteiger partial charge on any atom is -0.497 e. The number of ether oxygens (including phenoxy) is 3. The molecule has 0 bridgehead atoms. The summed E-state index contributed by atoms with van der Waals surface area (Å²) >= 11 is 0. The normalized spacial score (nSPS) is 10.7. The van der Waals surface area contributed by atoms with Gasteiger partial charge in [-0.1, -0.05) is 18.2 Å². The van der Waals surface area contributed by atoms with Gasteiger partial charge in [0.15, 0.2) is 11.5 Å². The van der Waals surface area contributed by atoms with Crippen LogP contribution in [0.3, 0.4) is 0 Å². The largest absolute Gasteiger partial charge is 0.497 e. The molecule has 2 aromatic carbocycles. The molecule has 0 saturated carbocycles. The van der Waals surface area contributed by atoms with Gasteiger partial charge >= 0.3 is 0 Å². The van der Waals surface area contributed by atoms with Gasteiger partial charge in [-0.25, -0.2) is 0 Å². The molecule has 0 amide bonds. The van der Waals surface area contributed by atoms with Crippen LogP contribution in [0.1, 0.15) is 25.0 Å².